The molecular formula is C33H49NO6S. The molecule has 0 heterocycles. The molecule has 0 saturated heterocycles. The lowest BCUT2D eigenvalue weighted by atomic mass is 9.84. The van der Waals surface area contributed by atoms with Crippen molar-refractivity contribution in [3.63, 3.8) is 0 Å². The molecule has 228 valence electrons. The van der Waals surface area contributed by atoms with Gasteiger partial charge in [0.1, 0.15) is 5.75 Å². The zero-order chi connectivity index (χ0) is 30.6. The highest BCUT2D eigenvalue weighted by molar-refractivity contribution is 7.91. The van der Waals surface area contributed by atoms with Gasteiger partial charge < -0.3 is 15.2 Å². The quantitative estimate of drug-likeness (QED) is 0.184. The first kappa shape index (κ1) is 34.3. The van der Waals surface area contributed by atoms with Gasteiger partial charge in [0.05, 0.1) is 24.2 Å². The molecule has 7 nitrogen and oxygen atoms in total. The predicted molar refractivity (Wildman–Crippen MR) is 166 cm³/mol. The SMILES string of the molecule is CCCCCCCCC(CC(=O)Nc1cc(CC(=O)O)ccc1C(C)(C)C)c1ccc(S(=O)(=O)CCC)cc1OC. The van der Waals surface area contributed by atoms with Crippen LogP contribution in [0.3, 0.4) is 0 Å². The molecule has 0 spiro atoms. The minimum Gasteiger partial charge on any atom is -0.496 e. The molecule has 1 amide bonds. The minimum absolute atomic E-state index is 0.0656. The number of methoxy groups -OCH3 is 1. The molecular weight excluding hydrogens is 538 g/mol. The number of nitrogens with one attached hydrogen (secondary N) is 1. The Morgan fingerprint density at radius 2 is 1.63 bits per heavy atom. The van der Waals surface area contributed by atoms with E-state index in [0.29, 0.717) is 23.4 Å². The van der Waals surface area contributed by atoms with Crippen LogP contribution in [0.5, 0.6) is 5.75 Å². The van der Waals surface area contributed by atoms with Gasteiger partial charge in [-0.1, -0.05) is 91.3 Å². The summed E-state index contributed by atoms with van der Waals surface area (Å²) in [6.45, 7) is 10.2. The van der Waals surface area contributed by atoms with Gasteiger partial charge in [0.15, 0.2) is 9.84 Å². The third-order valence-electron chi connectivity index (χ3n) is 7.34. The van der Waals surface area contributed by atoms with Crippen molar-refractivity contribution in [1.29, 1.82) is 0 Å². The fraction of sp³-hybridized carbons (Fsp3) is 0.576. The molecule has 2 N–H and O–H groups in total. The number of sulfone groups is 1. The van der Waals surface area contributed by atoms with Crippen molar-refractivity contribution in [2.75, 3.05) is 18.2 Å². The van der Waals surface area contributed by atoms with E-state index in [1.165, 1.54) is 26.4 Å². The van der Waals surface area contributed by atoms with Crippen LogP contribution in [0, 0.1) is 0 Å². The van der Waals surface area contributed by atoms with Gasteiger partial charge in [0.25, 0.3) is 0 Å². The lowest BCUT2D eigenvalue weighted by Gasteiger charge is -2.25. The molecule has 2 aromatic rings. The van der Waals surface area contributed by atoms with E-state index in [-0.39, 0.29) is 40.7 Å². The molecule has 1 atom stereocenters. The minimum atomic E-state index is -3.41. The molecule has 8 heteroatoms. The highest BCUT2D eigenvalue weighted by Crippen LogP contribution is 2.36. The van der Waals surface area contributed by atoms with Crippen molar-refractivity contribution in [3.05, 3.63) is 53.1 Å². The summed E-state index contributed by atoms with van der Waals surface area (Å²) in [6.07, 6.45) is 8.09. The van der Waals surface area contributed by atoms with Crippen LogP contribution < -0.4 is 10.1 Å². The molecule has 0 aliphatic carbocycles. The highest BCUT2D eigenvalue weighted by Gasteiger charge is 2.25. The van der Waals surface area contributed by atoms with Gasteiger partial charge in [0.2, 0.25) is 5.91 Å². The van der Waals surface area contributed by atoms with Crippen molar-refractivity contribution >= 4 is 27.4 Å². The van der Waals surface area contributed by atoms with Gasteiger partial charge in [-0.2, -0.15) is 0 Å². The maximum absolute atomic E-state index is 13.5. The second kappa shape index (κ2) is 15.9. The predicted octanol–water partition coefficient (Wildman–Crippen LogP) is 7.67. The van der Waals surface area contributed by atoms with E-state index in [0.717, 1.165) is 36.8 Å². The summed E-state index contributed by atoms with van der Waals surface area (Å²) in [6, 6.07) is 10.4. The smallest absolute Gasteiger partial charge is 0.307 e. The van der Waals surface area contributed by atoms with Crippen LogP contribution in [-0.2, 0) is 31.3 Å². The van der Waals surface area contributed by atoms with Gasteiger partial charge in [-0.05, 0) is 59.1 Å². The van der Waals surface area contributed by atoms with E-state index in [4.69, 9.17) is 4.74 Å². The average Bonchev–Trinajstić information content (AvgIpc) is 2.88. The molecule has 41 heavy (non-hydrogen) atoms. The summed E-state index contributed by atoms with van der Waals surface area (Å²) in [7, 11) is -1.88. The number of hydrogen-bond donors (Lipinski definition) is 2. The number of carboxylic acid groups (broad SMARTS) is 1. The molecule has 0 fully saturated rings. The first-order chi connectivity index (χ1) is 19.3. The highest BCUT2D eigenvalue weighted by atomic mass is 32.2. The number of anilines is 1. The maximum atomic E-state index is 13.5. The number of benzene rings is 2. The number of amides is 1. The van der Waals surface area contributed by atoms with Crippen LogP contribution in [0.2, 0.25) is 0 Å². The van der Waals surface area contributed by atoms with Crippen molar-refractivity contribution < 1.29 is 27.9 Å². The zero-order valence-corrected chi connectivity index (χ0v) is 26.5. The average molecular weight is 588 g/mol. The van der Waals surface area contributed by atoms with E-state index < -0.39 is 15.8 Å². The monoisotopic (exact) mass is 587 g/mol. The third kappa shape index (κ3) is 10.8. The Balaban J connectivity index is 2.37. The molecule has 1 unspecified atom stereocenters. The normalized spacial score (nSPS) is 12.6. The molecule has 2 rings (SSSR count). The number of rotatable bonds is 17. The fourth-order valence-electron chi connectivity index (χ4n) is 5.21. The van der Waals surface area contributed by atoms with Crippen molar-refractivity contribution in [2.24, 2.45) is 0 Å². The molecule has 0 radical (unpaired) electrons. The van der Waals surface area contributed by atoms with Gasteiger partial charge in [-0.3, -0.25) is 9.59 Å². The topological polar surface area (TPSA) is 110 Å². The molecule has 0 aliphatic heterocycles. The number of carbonyl (C=O) groups excluding carboxylic acids is 1. The Labute approximate surface area is 247 Å². The van der Waals surface area contributed by atoms with Crippen molar-refractivity contribution in [3.8, 4) is 5.75 Å². The van der Waals surface area contributed by atoms with Crippen molar-refractivity contribution in [2.45, 2.75) is 115 Å². The van der Waals surface area contributed by atoms with Gasteiger partial charge >= 0.3 is 5.97 Å². The number of unbranched alkanes of at least 4 members (excludes halogenated alkanes) is 5. The van der Waals surface area contributed by atoms with Gasteiger partial charge in [-0.25, -0.2) is 8.42 Å². The van der Waals surface area contributed by atoms with Crippen LogP contribution in [-0.4, -0.2) is 38.3 Å². The number of carboxylic acids is 1. The Morgan fingerprint density at radius 1 is 0.951 bits per heavy atom. The van der Waals surface area contributed by atoms with E-state index >= 15 is 0 Å². The number of aliphatic carboxylic acids is 1. The number of carbonyl (C=O) groups is 2. The summed E-state index contributed by atoms with van der Waals surface area (Å²) >= 11 is 0. The zero-order valence-electron chi connectivity index (χ0n) is 25.7. The number of hydrogen-bond acceptors (Lipinski definition) is 5. The molecule has 0 saturated carbocycles. The lowest BCUT2D eigenvalue weighted by molar-refractivity contribution is -0.136. The second-order valence-corrected chi connectivity index (χ2v) is 14.0. The Kier molecular flexibility index (Phi) is 13.4. The van der Waals surface area contributed by atoms with E-state index in [2.05, 4.69) is 33.0 Å². The fourth-order valence-corrected chi connectivity index (χ4v) is 6.54. The summed E-state index contributed by atoms with van der Waals surface area (Å²) < 4.78 is 31.1. The summed E-state index contributed by atoms with van der Waals surface area (Å²) in [5.41, 5.74) is 2.73. The first-order valence-electron chi connectivity index (χ1n) is 14.9. The first-order valence-corrected chi connectivity index (χ1v) is 16.5. The Hall–Kier alpha value is -2.87. The van der Waals surface area contributed by atoms with Gasteiger partial charge in [0, 0.05) is 12.1 Å². The Morgan fingerprint density at radius 3 is 2.24 bits per heavy atom. The summed E-state index contributed by atoms with van der Waals surface area (Å²) in [4.78, 5) is 25.1. The van der Waals surface area contributed by atoms with E-state index in [9.17, 15) is 23.1 Å². The number of ether oxygens (including phenoxy) is 1. The van der Waals surface area contributed by atoms with Crippen molar-refractivity contribution in [1.82, 2.24) is 0 Å². The Bertz CT molecular complexity index is 1260. The second-order valence-electron chi connectivity index (χ2n) is 11.9. The summed E-state index contributed by atoms with van der Waals surface area (Å²) in [5.74, 6) is -0.731. The van der Waals surface area contributed by atoms with Crippen LogP contribution in [0.4, 0.5) is 5.69 Å². The molecule has 0 aliphatic rings. The van der Waals surface area contributed by atoms with Crippen LogP contribution in [0.25, 0.3) is 0 Å². The van der Waals surface area contributed by atoms with Crippen LogP contribution in [0.15, 0.2) is 41.3 Å². The molecule has 0 aromatic heterocycles. The van der Waals surface area contributed by atoms with Crippen LogP contribution >= 0.6 is 0 Å². The molecule has 0 bridgehead atoms. The lowest BCUT2D eigenvalue weighted by Crippen LogP contribution is -2.21. The standard InChI is InChI=1S/C33H49NO6S/c1-7-9-10-11-12-13-14-25(27-17-16-26(23-30(27)40-6)41(38,39)19-8-2)22-31(35)34-29-20-24(21-32(36)37)15-18-28(29)33(3,4)5/h15-18,20,23,25H,7-14,19,21-22H2,1-6H3,(H,34,35)(H,36,37). The van der Waals surface area contributed by atoms with E-state index in [1.54, 1.807) is 30.3 Å². The van der Waals surface area contributed by atoms with Crippen LogP contribution in [0.1, 0.15) is 115 Å². The molecule has 2 aromatic carbocycles. The summed E-state index contributed by atoms with van der Waals surface area (Å²) in [5, 5.41) is 12.3. The largest absolute Gasteiger partial charge is 0.496 e. The third-order valence-corrected chi connectivity index (χ3v) is 9.25. The maximum Gasteiger partial charge on any atom is 0.307 e. The van der Waals surface area contributed by atoms with Gasteiger partial charge in [-0.15, -0.1) is 0 Å². The van der Waals surface area contributed by atoms with E-state index in [1.807, 2.05) is 13.0 Å².